The van der Waals surface area contributed by atoms with Crippen LogP contribution in [0.5, 0.6) is 0 Å². The van der Waals surface area contributed by atoms with Crippen LogP contribution in [0.3, 0.4) is 0 Å². The number of hydrogen-bond donors (Lipinski definition) is 1. The molecule has 4 amide bonds. The average Bonchev–Trinajstić information content (AvgIpc) is 3.09. The van der Waals surface area contributed by atoms with Gasteiger partial charge >= 0.3 is 6.03 Å². The van der Waals surface area contributed by atoms with E-state index >= 15 is 0 Å². The Morgan fingerprint density at radius 2 is 1.47 bits per heavy atom. The lowest BCUT2D eigenvalue weighted by atomic mass is 9.91. The predicted molar refractivity (Wildman–Crippen MR) is 186 cm³/mol. The average molecular weight is 643 g/mol. The molecule has 47 heavy (non-hydrogen) atoms. The molecule has 1 atom stereocenters. The van der Waals surface area contributed by atoms with E-state index < -0.39 is 0 Å². The van der Waals surface area contributed by atoms with E-state index in [1.54, 1.807) is 0 Å². The maximum Gasteiger partial charge on any atom is 0.322 e. The third-order valence-electron chi connectivity index (χ3n) is 11.3. The van der Waals surface area contributed by atoms with Crippen LogP contribution in [0, 0.1) is 19.8 Å². The smallest absolute Gasteiger partial charge is 0.322 e. The van der Waals surface area contributed by atoms with Gasteiger partial charge in [-0.15, -0.1) is 0 Å². The summed E-state index contributed by atoms with van der Waals surface area (Å²) in [5, 5.41) is 3.03. The molecular weight excluding hydrogens is 588 g/mol. The Labute approximate surface area is 281 Å². The molecule has 4 aliphatic rings. The molecule has 9 nitrogen and oxygen atoms in total. The number of piperazine rings is 1. The Hall–Kier alpha value is -3.43. The maximum atomic E-state index is 14.2. The Morgan fingerprint density at radius 1 is 0.809 bits per heavy atom. The quantitative estimate of drug-likeness (QED) is 0.443. The second-order valence-corrected chi connectivity index (χ2v) is 14.6. The van der Waals surface area contributed by atoms with Gasteiger partial charge in [-0.1, -0.05) is 36.4 Å². The van der Waals surface area contributed by atoms with Gasteiger partial charge in [-0.25, -0.2) is 4.79 Å². The molecule has 0 radical (unpaired) electrons. The van der Waals surface area contributed by atoms with Crippen molar-refractivity contribution in [1.82, 2.24) is 24.5 Å². The van der Waals surface area contributed by atoms with Gasteiger partial charge in [-0.05, 0) is 88.1 Å². The third kappa shape index (κ3) is 7.83. The SMILES string of the molecule is Cc1ccc(CC(CC(=O)N2CCC(N3Cc4ccccc4NC3=O)CC2)C(=O)N2CCC(N3CCN(C(C)C)CC3)CC2)cc1C. The number of benzene rings is 2. The number of carbonyl (C=O) groups is 3. The molecule has 1 unspecified atom stereocenters. The molecule has 254 valence electrons. The van der Waals surface area contributed by atoms with E-state index in [-0.39, 0.29) is 36.2 Å². The molecule has 3 fully saturated rings. The van der Waals surface area contributed by atoms with Gasteiger partial charge in [0.25, 0.3) is 0 Å². The number of anilines is 1. The highest BCUT2D eigenvalue weighted by molar-refractivity contribution is 5.92. The first kappa shape index (κ1) is 33.5. The number of nitrogens with zero attached hydrogens (tertiary/aromatic N) is 5. The third-order valence-corrected chi connectivity index (χ3v) is 11.3. The molecule has 0 aromatic heterocycles. The Bertz CT molecular complexity index is 1420. The van der Waals surface area contributed by atoms with Crippen molar-refractivity contribution >= 4 is 23.5 Å². The fourth-order valence-electron chi connectivity index (χ4n) is 8.07. The summed E-state index contributed by atoms with van der Waals surface area (Å²) in [5.41, 5.74) is 5.57. The Morgan fingerprint density at radius 3 is 2.15 bits per heavy atom. The highest BCUT2D eigenvalue weighted by Gasteiger charge is 2.36. The van der Waals surface area contributed by atoms with Crippen LogP contribution in [0.4, 0.5) is 10.5 Å². The van der Waals surface area contributed by atoms with Crippen molar-refractivity contribution in [2.24, 2.45) is 5.92 Å². The van der Waals surface area contributed by atoms with Crippen LogP contribution in [-0.4, -0.2) is 113 Å². The molecule has 6 rings (SSSR count). The first-order chi connectivity index (χ1) is 22.7. The summed E-state index contributed by atoms with van der Waals surface area (Å²) in [7, 11) is 0. The van der Waals surface area contributed by atoms with Crippen LogP contribution in [0.1, 0.15) is 68.2 Å². The van der Waals surface area contributed by atoms with E-state index in [1.807, 2.05) is 32.9 Å². The fraction of sp³-hybridized carbons (Fsp3) is 0.605. The van der Waals surface area contributed by atoms with E-state index in [2.05, 4.69) is 67.1 Å². The van der Waals surface area contributed by atoms with Gasteiger partial charge < -0.3 is 20.0 Å². The summed E-state index contributed by atoms with van der Waals surface area (Å²) in [6.45, 7) is 16.5. The number of amides is 4. The second-order valence-electron chi connectivity index (χ2n) is 14.6. The van der Waals surface area contributed by atoms with Crippen molar-refractivity contribution in [2.45, 2.75) is 90.9 Å². The second kappa shape index (κ2) is 14.8. The Balaban J connectivity index is 1.06. The first-order valence-corrected chi connectivity index (χ1v) is 17.9. The van der Waals surface area contributed by atoms with Crippen LogP contribution in [0.25, 0.3) is 0 Å². The topological polar surface area (TPSA) is 79.4 Å². The lowest BCUT2D eigenvalue weighted by Crippen LogP contribution is -2.55. The normalized spacial score (nSPS) is 21.1. The number of piperidine rings is 2. The number of rotatable bonds is 8. The predicted octanol–water partition coefficient (Wildman–Crippen LogP) is 4.91. The standard InChI is InChI=1S/C38H54N6O3/c1-27(2)40-19-21-41(22-20-40)33-11-17-43(18-12-33)37(46)32(24-30-10-9-28(3)29(4)23-30)25-36(45)42-15-13-34(14-16-42)44-26-31-7-5-6-8-35(31)39-38(44)47/h5-10,23,27,32-34H,11-22,24-26H2,1-4H3,(H,39,47). The van der Waals surface area contributed by atoms with Crippen LogP contribution < -0.4 is 5.32 Å². The molecule has 4 aliphatic heterocycles. The van der Waals surface area contributed by atoms with Crippen molar-refractivity contribution in [1.29, 1.82) is 0 Å². The molecule has 0 bridgehead atoms. The van der Waals surface area contributed by atoms with Crippen molar-refractivity contribution in [3.63, 3.8) is 0 Å². The van der Waals surface area contributed by atoms with Crippen LogP contribution >= 0.6 is 0 Å². The lowest BCUT2D eigenvalue weighted by molar-refractivity contribution is -0.143. The van der Waals surface area contributed by atoms with Crippen LogP contribution in [-0.2, 0) is 22.6 Å². The van der Waals surface area contributed by atoms with Gasteiger partial charge in [0.1, 0.15) is 0 Å². The molecule has 4 heterocycles. The Kier molecular flexibility index (Phi) is 10.5. The van der Waals surface area contributed by atoms with Gasteiger partial charge in [0.15, 0.2) is 0 Å². The van der Waals surface area contributed by atoms with E-state index in [9.17, 15) is 14.4 Å². The molecule has 2 aromatic carbocycles. The number of carbonyl (C=O) groups excluding carboxylic acids is 3. The van der Waals surface area contributed by atoms with Crippen molar-refractivity contribution in [3.8, 4) is 0 Å². The highest BCUT2D eigenvalue weighted by Crippen LogP contribution is 2.29. The summed E-state index contributed by atoms with van der Waals surface area (Å²) >= 11 is 0. The van der Waals surface area contributed by atoms with Gasteiger partial charge in [0.2, 0.25) is 11.8 Å². The number of urea groups is 1. The van der Waals surface area contributed by atoms with Gasteiger partial charge in [-0.2, -0.15) is 0 Å². The zero-order valence-corrected chi connectivity index (χ0v) is 28.9. The summed E-state index contributed by atoms with van der Waals surface area (Å²) in [5.74, 6) is -0.201. The number of aryl methyl sites for hydroxylation is 2. The largest absolute Gasteiger partial charge is 0.343 e. The van der Waals surface area contributed by atoms with Gasteiger partial charge in [0, 0.05) is 89.1 Å². The zero-order chi connectivity index (χ0) is 33.1. The first-order valence-electron chi connectivity index (χ1n) is 17.9. The van der Waals surface area contributed by atoms with E-state index in [0.29, 0.717) is 38.1 Å². The molecule has 0 spiro atoms. The van der Waals surface area contributed by atoms with Gasteiger partial charge in [0.05, 0.1) is 5.92 Å². The fourth-order valence-corrected chi connectivity index (χ4v) is 8.07. The lowest BCUT2D eigenvalue weighted by Gasteiger charge is -2.44. The molecule has 0 aliphatic carbocycles. The summed E-state index contributed by atoms with van der Waals surface area (Å²) in [6.07, 6.45) is 4.29. The van der Waals surface area contributed by atoms with E-state index in [1.165, 1.54) is 11.1 Å². The highest BCUT2D eigenvalue weighted by atomic mass is 16.2. The van der Waals surface area contributed by atoms with Crippen LogP contribution in [0.2, 0.25) is 0 Å². The monoisotopic (exact) mass is 642 g/mol. The zero-order valence-electron chi connectivity index (χ0n) is 28.9. The number of para-hydroxylation sites is 1. The van der Waals surface area contributed by atoms with Crippen molar-refractivity contribution < 1.29 is 14.4 Å². The number of nitrogens with one attached hydrogen (secondary N) is 1. The minimum Gasteiger partial charge on any atom is -0.343 e. The number of likely N-dealkylation sites (tertiary alicyclic amines) is 2. The number of fused-ring (bicyclic) bond motifs is 1. The molecule has 0 saturated carbocycles. The minimum atomic E-state index is -0.377. The summed E-state index contributed by atoms with van der Waals surface area (Å²) < 4.78 is 0. The van der Waals surface area contributed by atoms with Crippen molar-refractivity contribution in [3.05, 3.63) is 64.7 Å². The summed E-state index contributed by atoms with van der Waals surface area (Å²) in [4.78, 5) is 51.9. The number of hydrogen-bond acceptors (Lipinski definition) is 5. The van der Waals surface area contributed by atoms with Gasteiger partial charge in [-0.3, -0.25) is 19.4 Å². The van der Waals surface area contributed by atoms with Crippen LogP contribution in [0.15, 0.2) is 42.5 Å². The molecule has 3 saturated heterocycles. The molecule has 1 N–H and O–H groups in total. The molecule has 2 aromatic rings. The van der Waals surface area contributed by atoms with E-state index in [0.717, 1.165) is 81.8 Å². The molecule has 9 heteroatoms. The maximum absolute atomic E-state index is 14.2. The van der Waals surface area contributed by atoms with E-state index in [4.69, 9.17) is 0 Å². The summed E-state index contributed by atoms with van der Waals surface area (Å²) in [6, 6.07) is 15.5. The minimum absolute atomic E-state index is 0.0528. The molecular formula is C38H54N6O3. The van der Waals surface area contributed by atoms with Crippen molar-refractivity contribution in [2.75, 3.05) is 57.7 Å².